The molecule has 1 N–H and O–H groups in total. The first-order valence-electron chi connectivity index (χ1n) is 5.52. The van der Waals surface area contributed by atoms with Crippen molar-refractivity contribution in [2.75, 3.05) is 7.05 Å². The van der Waals surface area contributed by atoms with Crippen LogP contribution in [-0.2, 0) is 0 Å². The third-order valence-corrected chi connectivity index (χ3v) is 2.60. The molecule has 0 saturated carbocycles. The van der Waals surface area contributed by atoms with E-state index in [0.717, 1.165) is 11.8 Å². The standard InChI is InChI=1S/C13H13F2N3/c1-8-6-18-12(7-17-8)13(16-2)9-3-10(14)5-11(15)4-9/h3-7,13,16H,1-2H3. The van der Waals surface area contributed by atoms with Crippen LogP contribution in [0.5, 0.6) is 0 Å². The quantitative estimate of drug-likeness (QED) is 0.907. The van der Waals surface area contributed by atoms with Gasteiger partial charge in [-0.15, -0.1) is 0 Å². The van der Waals surface area contributed by atoms with Crippen molar-refractivity contribution in [3.8, 4) is 0 Å². The summed E-state index contributed by atoms with van der Waals surface area (Å²) in [4.78, 5) is 8.34. The van der Waals surface area contributed by atoms with Gasteiger partial charge in [0.15, 0.2) is 0 Å². The van der Waals surface area contributed by atoms with Gasteiger partial charge in [0.1, 0.15) is 11.6 Å². The van der Waals surface area contributed by atoms with Crippen molar-refractivity contribution < 1.29 is 8.78 Å². The lowest BCUT2D eigenvalue weighted by molar-refractivity contribution is 0.569. The number of hydrogen-bond donors (Lipinski definition) is 1. The van der Waals surface area contributed by atoms with E-state index in [1.807, 2.05) is 6.92 Å². The second kappa shape index (κ2) is 5.18. The van der Waals surface area contributed by atoms with E-state index in [1.165, 1.54) is 12.1 Å². The fraction of sp³-hybridized carbons (Fsp3) is 0.231. The van der Waals surface area contributed by atoms with E-state index < -0.39 is 11.6 Å². The van der Waals surface area contributed by atoms with Crippen LogP contribution in [0, 0.1) is 18.6 Å². The van der Waals surface area contributed by atoms with Crippen LogP contribution in [0.2, 0.25) is 0 Å². The van der Waals surface area contributed by atoms with E-state index in [4.69, 9.17) is 0 Å². The van der Waals surface area contributed by atoms with E-state index in [0.29, 0.717) is 11.3 Å². The summed E-state index contributed by atoms with van der Waals surface area (Å²) in [7, 11) is 1.70. The Hall–Kier alpha value is -1.88. The highest BCUT2D eigenvalue weighted by Gasteiger charge is 2.15. The predicted octanol–water partition coefficient (Wildman–Crippen LogP) is 2.37. The van der Waals surface area contributed by atoms with Gasteiger partial charge in [0.05, 0.1) is 23.6 Å². The van der Waals surface area contributed by atoms with Crippen molar-refractivity contribution in [3.05, 3.63) is 59.2 Å². The predicted molar refractivity (Wildman–Crippen MR) is 64.0 cm³/mol. The van der Waals surface area contributed by atoms with Gasteiger partial charge < -0.3 is 5.32 Å². The Balaban J connectivity index is 2.41. The maximum absolute atomic E-state index is 13.2. The molecule has 0 amide bonds. The maximum Gasteiger partial charge on any atom is 0.126 e. The largest absolute Gasteiger partial charge is 0.308 e. The Kier molecular flexibility index (Phi) is 3.62. The van der Waals surface area contributed by atoms with E-state index in [9.17, 15) is 8.78 Å². The smallest absolute Gasteiger partial charge is 0.126 e. The highest BCUT2D eigenvalue weighted by atomic mass is 19.1. The van der Waals surface area contributed by atoms with Crippen molar-refractivity contribution in [2.24, 2.45) is 0 Å². The van der Waals surface area contributed by atoms with Crippen LogP contribution in [0.15, 0.2) is 30.6 Å². The number of hydrogen-bond acceptors (Lipinski definition) is 3. The Bertz CT molecular complexity index is 520. The Labute approximate surface area is 104 Å². The summed E-state index contributed by atoms with van der Waals surface area (Å²) in [6.45, 7) is 1.83. The molecule has 3 nitrogen and oxygen atoms in total. The zero-order valence-electron chi connectivity index (χ0n) is 10.1. The Morgan fingerprint density at radius 1 is 1.06 bits per heavy atom. The van der Waals surface area contributed by atoms with Gasteiger partial charge in [0.25, 0.3) is 0 Å². The number of nitrogens with one attached hydrogen (secondary N) is 1. The van der Waals surface area contributed by atoms with Crippen LogP contribution >= 0.6 is 0 Å². The molecule has 1 aromatic heterocycles. The molecule has 0 fully saturated rings. The third-order valence-electron chi connectivity index (χ3n) is 2.60. The van der Waals surface area contributed by atoms with Gasteiger partial charge in [0, 0.05) is 12.3 Å². The summed E-state index contributed by atoms with van der Waals surface area (Å²) in [6, 6.07) is 3.03. The third kappa shape index (κ3) is 2.68. The second-order valence-electron chi connectivity index (χ2n) is 4.01. The first-order chi connectivity index (χ1) is 8.60. The van der Waals surface area contributed by atoms with Gasteiger partial charge >= 0.3 is 0 Å². The molecule has 0 spiro atoms. The molecule has 1 atom stereocenters. The molecule has 2 rings (SSSR count). The number of rotatable bonds is 3. The SMILES string of the molecule is CNC(c1cc(F)cc(F)c1)c1cnc(C)cn1. The highest BCUT2D eigenvalue weighted by Crippen LogP contribution is 2.21. The van der Waals surface area contributed by atoms with Crippen LogP contribution in [0.1, 0.15) is 23.0 Å². The van der Waals surface area contributed by atoms with Crippen LogP contribution in [-0.4, -0.2) is 17.0 Å². The summed E-state index contributed by atoms with van der Waals surface area (Å²) in [5, 5.41) is 2.97. The second-order valence-corrected chi connectivity index (χ2v) is 4.01. The van der Waals surface area contributed by atoms with Crippen LogP contribution in [0.3, 0.4) is 0 Å². The molecule has 0 aliphatic rings. The molecule has 0 radical (unpaired) electrons. The lowest BCUT2D eigenvalue weighted by Gasteiger charge is -2.16. The topological polar surface area (TPSA) is 37.8 Å². The minimum atomic E-state index is -0.606. The molecule has 1 unspecified atom stereocenters. The van der Waals surface area contributed by atoms with E-state index >= 15 is 0 Å². The van der Waals surface area contributed by atoms with Crippen LogP contribution in [0.4, 0.5) is 8.78 Å². The van der Waals surface area contributed by atoms with Gasteiger partial charge in [-0.3, -0.25) is 9.97 Å². The molecule has 0 bridgehead atoms. The summed E-state index contributed by atoms with van der Waals surface area (Å²) in [6.07, 6.45) is 3.22. The number of halogens is 2. The number of aromatic nitrogens is 2. The van der Waals surface area contributed by atoms with E-state index in [-0.39, 0.29) is 6.04 Å². The molecule has 1 aromatic carbocycles. The first-order valence-corrected chi connectivity index (χ1v) is 5.52. The van der Waals surface area contributed by atoms with Gasteiger partial charge in [-0.2, -0.15) is 0 Å². The number of nitrogens with zero attached hydrogens (tertiary/aromatic N) is 2. The average molecular weight is 249 g/mol. The summed E-state index contributed by atoms with van der Waals surface area (Å²) >= 11 is 0. The fourth-order valence-electron chi connectivity index (χ4n) is 1.78. The molecule has 0 aliphatic heterocycles. The van der Waals surface area contributed by atoms with Crippen molar-refractivity contribution in [3.63, 3.8) is 0 Å². The molecule has 0 saturated heterocycles. The monoisotopic (exact) mass is 249 g/mol. The normalized spacial score (nSPS) is 12.4. The lowest BCUT2D eigenvalue weighted by Crippen LogP contribution is -2.19. The molecule has 94 valence electrons. The minimum Gasteiger partial charge on any atom is -0.308 e. The zero-order chi connectivity index (χ0) is 13.1. The van der Waals surface area contributed by atoms with Gasteiger partial charge in [0.2, 0.25) is 0 Å². The minimum absolute atomic E-state index is 0.386. The summed E-state index contributed by atoms with van der Waals surface area (Å²) in [5.41, 5.74) is 1.89. The fourth-order valence-corrected chi connectivity index (χ4v) is 1.78. The molecule has 1 heterocycles. The van der Waals surface area contributed by atoms with E-state index in [1.54, 1.807) is 19.4 Å². The lowest BCUT2D eigenvalue weighted by atomic mass is 10.0. The van der Waals surface area contributed by atoms with Gasteiger partial charge in [-0.1, -0.05) is 0 Å². The summed E-state index contributed by atoms with van der Waals surface area (Å²) in [5.74, 6) is -1.21. The van der Waals surface area contributed by atoms with Gasteiger partial charge in [-0.05, 0) is 31.7 Å². The Morgan fingerprint density at radius 2 is 1.72 bits per heavy atom. The van der Waals surface area contributed by atoms with Crippen LogP contribution < -0.4 is 5.32 Å². The van der Waals surface area contributed by atoms with Crippen molar-refractivity contribution in [2.45, 2.75) is 13.0 Å². The molecule has 0 aliphatic carbocycles. The van der Waals surface area contributed by atoms with Crippen LogP contribution in [0.25, 0.3) is 0 Å². The van der Waals surface area contributed by atoms with Crippen molar-refractivity contribution in [1.82, 2.24) is 15.3 Å². The molecule has 5 heteroatoms. The molecule has 2 aromatic rings. The first kappa shape index (κ1) is 12.6. The number of benzene rings is 1. The highest BCUT2D eigenvalue weighted by molar-refractivity contribution is 5.28. The average Bonchev–Trinajstić information content (AvgIpc) is 2.31. The number of aryl methyl sites for hydroxylation is 1. The zero-order valence-corrected chi connectivity index (χ0v) is 10.1. The van der Waals surface area contributed by atoms with Crippen molar-refractivity contribution >= 4 is 0 Å². The van der Waals surface area contributed by atoms with E-state index in [2.05, 4.69) is 15.3 Å². The molecular formula is C13H13F2N3. The Morgan fingerprint density at radius 3 is 2.22 bits per heavy atom. The molecular weight excluding hydrogens is 236 g/mol. The summed E-state index contributed by atoms with van der Waals surface area (Å²) < 4.78 is 26.4. The van der Waals surface area contributed by atoms with Crippen molar-refractivity contribution in [1.29, 1.82) is 0 Å². The van der Waals surface area contributed by atoms with Gasteiger partial charge in [-0.25, -0.2) is 8.78 Å². The maximum atomic E-state index is 13.2. The molecule has 18 heavy (non-hydrogen) atoms.